The number of cyclic esters (lactones) is 1. The molecule has 1 fully saturated rings. The summed E-state index contributed by atoms with van der Waals surface area (Å²) in [5, 5.41) is 0. The Morgan fingerprint density at radius 1 is 1.53 bits per heavy atom. The lowest BCUT2D eigenvalue weighted by Gasteiger charge is -2.31. The summed E-state index contributed by atoms with van der Waals surface area (Å²) in [4.78, 5) is 13.5. The van der Waals surface area contributed by atoms with Crippen molar-refractivity contribution in [3.8, 4) is 0 Å². The van der Waals surface area contributed by atoms with Crippen LogP contribution in [0.5, 0.6) is 0 Å². The first kappa shape index (κ1) is 12.4. The van der Waals surface area contributed by atoms with Gasteiger partial charge in [0.25, 0.3) is 0 Å². The first-order valence-electron chi connectivity index (χ1n) is 5.64. The van der Waals surface area contributed by atoms with Gasteiger partial charge in [-0.3, -0.25) is 4.90 Å². The molecule has 1 aliphatic rings. The topological polar surface area (TPSA) is 55.6 Å². The Balaban J connectivity index is 2.07. The standard InChI is InChI=1S/C12H15BrN2O2/c13-9-2-1-3-10(8-9)15-7-5-11(4-6-14)17-12(15)16/h1-3,8,11H,4-7,14H2. The molecule has 1 atom stereocenters. The van der Waals surface area contributed by atoms with E-state index in [0.717, 1.165) is 23.0 Å². The molecule has 4 nitrogen and oxygen atoms in total. The Hall–Kier alpha value is -1.07. The van der Waals surface area contributed by atoms with Crippen LogP contribution >= 0.6 is 15.9 Å². The molecule has 1 amide bonds. The Morgan fingerprint density at radius 2 is 2.35 bits per heavy atom. The molecule has 0 aromatic heterocycles. The molecule has 17 heavy (non-hydrogen) atoms. The molecule has 1 aromatic rings. The maximum absolute atomic E-state index is 11.8. The van der Waals surface area contributed by atoms with E-state index in [-0.39, 0.29) is 12.2 Å². The van der Waals surface area contributed by atoms with Crippen molar-refractivity contribution < 1.29 is 9.53 Å². The molecule has 1 aliphatic heterocycles. The summed E-state index contributed by atoms with van der Waals surface area (Å²) in [6, 6.07) is 7.63. The van der Waals surface area contributed by atoms with E-state index < -0.39 is 0 Å². The van der Waals surface area contributed by atoms with Crippen molar-refractivity contribution in [3.05, 3.63) is 28.7 Å². The van der Waals surface area contributed by atoms with Gasteiger partial charge >= 0.3 is 6.09 Å². The number of anilines is 1. The van der Waals surface area contributed by atoms with Crippen LogP contribution in [0.3, 0.4) is 0 Å². The molecule has 0 radical (unpaired) electrons. The zero-order valence-corrected chi connectivity index (χ0v) is 11.0. The van der Waals surface area contributed by atoms with Crippen LogP contribution in [0, 0.1) is 0 Å². The Kier molecular flexibility index (Phi) is 4.02. The normalized spacial score (nSPS) is 20.2. The highest BCUT2D eigenvalue weighted by molar-refractivity contribution is 9.10. The molecule has 2 N–H and O–H groups in total. The van der Waals surface area contributed by atoms with Crippen molar-refractivity contribution in [2.75, 3.05) is 18.0 Å². The Labute approximate surface area is 109 Å². The smallest absolute Gasteiger partial charge is 0.414 e. The number of hydrogen-bond acceptors (Lipinski definition) is 3. The molecule has 1 aromatic carbocycles. The van der Waals surface area contributed by atoms with Crippen LogP contribution in [-0.4, -0.2) is 25.3 Å². The van der Waals surface area contributed by atoms with E-state index in [2.05, 4.69) is 15.9 Å². The van der Waals surface area contributed by atoms with E-state index in [4.69, 9.17) is 10.5 Å². The summed E-state index contributed by atoms with van der Waals surface area (Å²) in [6.07, 6.45) is 1.25. The minimum atomic E-state index is -0.284. The number of nitrogens with two attached hydrogens (primary N) is 1. The summed E-state index contributed by atoms with van der Waals surface area (Å²) >= 11 is 3.39. The van der Waals surface area contributed by atoms with Crippen molar-refractivity contribution in [2.45, 2.75) is 18.9 Å². The number of ether oxygens (including phenoxy) is 1. The molecule has 1 saturated heterocycles. The summed E-state index contributed by atoms with van der Waals surface area (Å²) < 4.78 is 6.28. The molecule has 1 unspecified atom stereocenters. The molecule has 5 heteroatoms. The van der Waals surface area contributed by atoms with E-state index in [1.54, 1.807) is 4.90 Å². The van der Waals surface area contributed by atoms with Crippen LogP contribution < -0.4 is 10.6 Å². The van der Waals surface area contributed by atoms with Crippen molar-refractivity contribution in [1.29, 1.82) is 0 Å². The minimum Gasteiger partial charge on any atom is -0.446 e. The van der Waals surface area contributed by atoms with Gasteiger partial charge in [-0.15, -0.1) is 0 Å². The molecule has 1 heterocycles. The van der Waals surface area contributed by atoms with Crippen LogP contribution in [0.1, 0.15) is 12.8 Å². The van der Waals surface area contributed by atoms with E-state index in [1.165, 1.54) is 0 Å². The Bertz CT molecular complexity index is 411. The number of benzene rings is 1. The maximum atomic E-state index is 11.8. The van der Waals surface area contributed by atoms with Gasteiger partial charge in [0, 0.05) is 23.1 Å². The summed E-state index contributed by atoms with van der Waals surface area (Å²) in [5.41, 5.74) is 6.32. The van der Waals surface area contributed by atoms with E-state index >= 15 is 0 Å². The number of carbonyl (C=O) groups excluding carboxylic acids is 1. The molecule has 0 aliphatic carbocycles. The second-order valence-electron chi connectivity index (χ2n) is 4.00. The van der Waals surface area contributed by atoms with Crippen LogP contribution in [0.2, 0.25) is 0 Å². The van der Waals surface area contributed by atoms with E-state index in [0.29, 0.717) is 13.1 Å². The van der Waals surface area contributed by atoms with Gasteiger partial charge < -0.3 is 10.5 Å². The number of rotatable bonds is 3. The summed E-state index contributed by atoms with van der Waals surface area (Å²) in [6.45, 7) is 1.23. The van der Waals surface area contributed by atoms with Gasteiger partial charge in [-0.25, -0.2) is 4.79 Å². The lowest BCUT2D eigenvalue weighted by Crippen LogP contribution is -2.42. The number of nitrogens with zero attached hydrogens (tertiary/aromatic N) is 1. The first-order valence-corrected chi connectivity index (χ1v) is 6.44. The molecular weight excluding hydrogens is 284 g/mol. The van der Waals surface area contributed by atoms with Crippen molar-refractivity contribution in [1.82, 2.24) is 0 Å². The number of amides is 1. The second-order valence-corrected chi connectivity index (χ2v) is 4.92. The third-order valence-electron chi connectivity index (χ3n) is 2.77. The highest BCUT2D eigenvalue weighted by atomic mass is 79.9. The molecule has 0 bridgehead atoms. The predicted octanol–water partition coefficient (Wildman–Crippen LogP) is 2.51. The van der Waals surface area contributed by atoms with Gasteiger partial charge in [-0.05, 0) is 31.2 Å². The predicted molar refractivity (Wildman–Crippen MR) is 70.0 cm³/mol. The SMILES string of the molecule is NCCC1CCN(c2cccc(Br)c2)C(=O)O1. The zero-order chi connectivity index (χ0) is 12.3. The summed E-state index contributed by atoms with van der Waals surface area (Å²) in [5.74, 6) is 0. The zero-order valence-electron chi connectivity index (χ0n) is 9.43. The monoisotopic (exact) mass is 298 g/mol. The fourth-order valence-corrected chi connectivity index (χ4v) is 2.28. The van der Waals surface area contributed by atoms with E-state index in [1.807, 2.05) is 24.3 Å². The maximum Gasteiger partial charge on any atom is 0.414 e. The van der Waals surface area contributed by atoms with Gasteiger partial charge in [-0.1, -0.05) is 22.0 Å². The fraction of sp³-hybridized carbons (Fsp3) is 0.417. The third-order valence-corrected chi connectivity index (χ3v) is 3.26. The fourth-order valence-electron chi connectivity index (χ4n) is 1.90. The number of carbonyl (C=O) groups is 1. The molecular formula is C12H15BrN2O2. The van der Waals surface area contributed by atoms with Gasteiger partial charge in [-0.2, -0.15) is 0 Å². The lowest BCUT2D eigenvalue weighted by atomic mass is 10.1. The quantitative estimate of drug-likeness (QED) is 0.933. The van der Waals surface area contributed by atoms with Crippen LogP contribution in [-0.2, 0) is 4.74 Å². The number of halogens is 1. The molecule has 0 spiro atoms. The minimum absolute atomic E-state index is 0.0316. The van der Waals surface area contributed by atoms with Crippen molar-refractivity contribution >= 4 is 27.7 Å². The van der Waals surface area contributed by atoms with Gasteiger partial charge in [0.05, 0.1) is 0 Å². The second kappa shape index (κ2) is 5.51. The highest BCUT2D eigenvalue weighted by Gasteiger charge is 2.27. The van der Waals surface area contributed by atoms with Crippen LogP contribution in [0.4, 0.5) is 10.5 Å². The Morgan fingerprint density at radius 3 is 3.00 bits per heavy atom. The van der Waals surface area contributed by atoms with E-state index in [9.17, 15) is 4.79 Å². The molecule has 0 saturated carbocycles. The van der Waals surface area contributed by atoms with Crippen molar-refractivity contribution in [3.63, 3.8) is 0 Å². The van der Waals surface area contributed by atoms with Crippen LogP contribution in [0.25, 0.3) is 0 Å². The van der Waals surface area contributed by atoms with Gasteiger partial charge in [0.1, 0.15) is 6.10 Å². The molecule has 2 rings (SSSR count). The third kappa shape index (κ3) is 2.98. The first-order chi connectivity index (χ1) is 8.20. The largest absolute Gasteiger partial charge is 0.446 e. The summed E-state index contributed by atoms with van der Waals surface area (Å²) in [7, 11) is 0. The number of hydrogen-bond donors (Lipinski definition) is 1. The lowest BCUT2D eigenvalue weighted by molar-refractivity contribution is 0.0807. The van der Waals surface area contributed by atoms with Crippen molar-refractivity contribution in [2.24, 2.45) is 5.73 Å². The van der Waals surface area contributed by atoms with Gasteiger partial charge in [0.2, 0.25) is 0 Å². The van der Waals surface area contributed by atoms with Crippen LogP contribution in [0.15, 0.2) is 28.7 Å². The molecule has 92 valence electrons. The van der Waals surface area contributed by atoms with Gasteiger partial charge in [0.15, 0.2) is 0 Å². The average Bonchev–Trinajstić information content (AvgIpc) is 2.29. The highest BCUT2D eigenvalue weighted by Crippen LogP contribution is 2.24. The average molecular weight is 299 g/mol.